The summed E-state index contributed by atoms with van der Waals surface area (Å²) in [5, 5.41) is 19.7. The number of ether oxygens (including phenoxy) is 2. The fourth-order valence-electron chi connectivity index (χ4n) is 3.26. The van der Waals surface area contributed by atoms with Gasteiger partial charge in [0.2, 0.25) is 0 Å². The first-order valence-corrected chi connectivity index (χ1v) is 8.60. The first kappa shape index (κ1) is 20.1. The van der Waals surface area contributed by atoms with Crippen LogP contribution in [0, 0.1) is 5.92 Å². The van der Waals surface area contributed by atoms with Gasteiger partial charge in [-0.15, -0.1) is 0 Å². The van der Waals surface area contributed by atoms with Gasteiger partial charge in [0.05, 0.1) is 23.7 Å². The average molecular weight is 362 g/mol. The van der Waals surface area contributed by atoms with Gasteiger partial charge in [-0.25, -0.2) is 9.59 Å². The van der Waals surface area contributed by atoms with E-state index in [1.165, 1.54) is 6.92 Å². The van der Waals surface area contributed by atoms with Crippen molar-refractivity contribution in [3.8, 4) is 0 Å². The van der Waals surface area contributed by atoms with Gasteiger partial charge in [-0.1, -0.05) is 30.4 Å². The highest BCUT2D eigenvalue weighted by Gasteiger charge is 2.44. The van der Waals surface area contributed by atoms with Gasteiger partial charge in [0.1, 0.15) is 12.2 Å². The Hall–Kier alpha value is -2.18. The number of carbonyl (C=O) groups excluding carboxylic acids is 2. The minimum Gasteiger partial charge on any atom is -0.458 e. The molecule has 6 nitrogen and oxygen atoms in total. The van der Waals surface area contributed by atoms with Crippen molar-refractivity contribution in [1.29, 1.82) is 0 Å². The zero-order chi connectivity index (χ0) is 19.6. The maximum atomic E-state index is 12.3. The van der Waals surface area contributed by atoms with Crippen molar-refractivity contribution in [1.82, 2.24) is 0 Å². The summed E-state index contributed by atoms with van der Waals surface area (Å²) in [6.45, 7) is 12.5. The number of carbonyl (C=O) groups is 2. The van der Waals surface area contributed by atoms with Gasteiger partial charge in [0.15, 0.2) is 0 Å². The largest absolute Gasteiger partial charge is 0.458 e. The van der Waals surface area contributed by atoms with Crippen molar-refractivity contribution in [2.45, 2.75) is 58.0 Å². The number of rotatable bonds is 3. The Labute approximate surface area is 153 Å². The van der Waals surface area contributed by atoms with Gasteiger partial charge in [-0.3, -0.25) is 0 Å². The summed E-state index contributed by atoms with van der Waals surface area (Å²) >= 11 is 0. The summed E-state index contributed by atoms with van der Waals surface area (Å²) in [5.41, 5.74) is 1.86. The van der Waals surface area contributed by atoms with Crippen LogP contribution in [-0.4, -0.2) is 46.6 Å². The maximum absolute atomic E-state index is 12.3. The van der Waals surface area contributed by atoms with Crippen LogP contribution in [0.2, 0.25) is 0 Å². The molecule has 0 spiro atoms. The van der Waals surface area contributed by atoms with E-state index in [0.29, 0.717) is 12.8 Å². The molecule has 6 heteroatoms. The fraction of sp³-hybridized carbons (Fsp3) is 0.500. The molecule has 1 fully saturated rings. The molecule has 26 heavy (non-hydrogen) atoms. The minimum absolute atomic E-state index is 0.0668. The van der Waals surface area contributed by atoms with E-state index in [-0.39, 0.29) is 11.1 Å². The third-order valence-electron chi connectivity index (χ3n) is 4.67. The molecule has 1 unspecified atom stereocenters. The highest BCUT2D eigenvalue weighted by Crippen LogP contribution is 2.36. The number of aliphatic hydroxyl groups is 2. The topological polar surface area (TPSA) is 93.1 Å². The van der Waals surface area contributed by atoms with Crippen molar-refractivity contribution < 1.29 is 29.3 Å². The monoisotopic (exact) mass is 362 g/mol. The van der Waals surface area contributed by atoms with Crippen LogP contribution in [0.15, 0.2) is 47.6 Å². The van der Waals surface area contributed by atoms with Crippen LogP contribution >= 0.6 is 0 Å². The van der Waals surface area contributed by atoms with Gasteiger partial charge in [0, 0.05) is 12.0 Å². The number of hydrogen-bond acceptors (Lipinski definition) is 6. The Morgan fingerprint density at radius 3 is 2.54 bits per heavy atom. The lowest BCUT2D eigenvalue weighted by Crippen LogP contribution is -2.34. The Morgan fingerprint density at radius 2 is 1.92 bits per heavy atom. The summed E-state index contributed by atoms with van der Waals surface area (Å²) in [7, 11) is 0. The molecule has 0 bridgehead atoms. The lowest BCUT2D eigenvalue weighted by atomic mass is 9.85. The van der Waals surface area contributed by atoms with E-state index in [1.54, 1.807) is 12.2 Å². The van der Waals surface area contributed by atoms with Crippen molar-refractivity contribution in [3.05, 3.63) is 47.6 Å². The number of esters is 2. The highest BCUT2D eigenvalue weighted by molar-refractivity contribution is 5.92. The third-order valence-corrected chi connectivity index (χ3v) is 4.67. The Morgan fingerprint density at radius 1 is 1.31 bits per heavy atom. The molecule has 1 saturated heterocycles. The molecule has 0 amide bonds. The van der Waals surface area contributed by atoms with Crippen LogP contribution in [0.5, 0.6) is 0 Å². The summed E-state index contributed by atoms with van der Waals surface area (Å²) in [4.78, 5) is 24.3. The summed E-state index contributed by atoms with van der Waals surface area (Å²) in [5.74, 6) is -1.80. The highest BCUT2D eigenvalue weighted by atomic mass is 16.6. The number of aliphatic hydroxyl groups excluding tert-OH is 2. The fourth-order valence-corrected chi connectivity index (χ4v) is 3.26. The SMILES string of the molecule is C=C1C(=O)O[C@@H]2/C=C(\C)C[C@H](O)C=C(C)C[C@@H](OC(=O)C(=C)[C@@H](C)O)C12. The van der Waals surface area contributed by atoms with Crippen molar-refractivity contribution in [2.75, 3.05) is 0 Å². The molecule has 0 aromatic heterocycles. The van der Waals surface area contributed by atoms with Gasteiger partial charge < -0.3 is 19.7 Å². The van der Waals surface area contributed by atoms with E-state index >= 15 is 0 Å². The summed E-state index contributed by atoms with van der Waals surface area (Å²) < 4.78 is 11.0. The molecular weight excluding hydrogens is 336 g/mol. The molecule has 1 heterocycles. The molecular formula is C20H26O6. The van der Waals surface area contributed by atoms with Crippen molar-refractivity contribution in [3.63, 3.8) is 0 Å². The molecule has 1 aliphatic heterocycles. The summed E-state index contributed by atoms with van der Waals surface area (Å²) in [6.07, 6.45) is 1.15. The van der Waals surface area contributed by atoms with Crippen LogP contribution in [0.3, 0.4) is 0 Å². The Kier molecular flexibility index (Phi) is 6.21. The van der Waals surface area contributed by atoms with Gasteiger partial charge in [-0.2, -0.15) is 0 Å². The molecule has 1 aliphatic carbocycles. The molecule has 5 atom stereocenters. The molecule has 0 saturated carbocycles. The maximum Gasteiger partial charge on any atom is 0.336 e. The van der Waals surface area contributed by atoms with E-state index < -0.39 is 42.3 Å². The Bertz CT molecular complexity index is 684. The third kappa shape index (κ3) is 4.51. The summed E-state index contributed by atoms with van der Waals surface area (Å²) in [6, 6.07) is 0. The molecule has 0 aromatic rings. The zero-order valence-corrected chi connectivity index (χ0v) is 15.4. The smallest absolute Gasteiger partial charge is 0.336 e. The van der Waals surface area contributed by atoms with E-state index in [2.05, 4.69) is 13.2 Å². The lowest BCUT2D eigenvalue weighted by molar-refractivity contribution is -0.148. The van der Waals surface area contributed by atoms with E-state index in [9.17, 15) is 19.8 Å². The molecule has 0 aromatic carbocycles. The molecule has 2 aliphatic rings. The number of hydrogen-bond donors (Lipinski definition) is 2. The lowest BCUT2D eigenvalue weighted by Gasteiger charge is -2.28. The molecule has 2 N–H and O–H groups in total. The Balaban J connectivity index is 2.40. The van der Waals surface area contributed by atoms with Crippen molar-refractivity contribution in [2.24, 2.45) is 5.92 Å². The van der Waals surface area contributed by atoms with Gasteiger partial charge in [-0.05, 0) is 33.3 Å². The van der Waals surface area contributed by atoms with Crippen LogP contribution < -0.4 is 0 Å². The first-order valence-electron chi connectivity index (χ1n) is 8.60. The second-order valence-electron chi connectivity index (χ2n) is 7.07. The van der Waals surface area contributed by atoms with Crippen LogP contribution in [-0.2, 0) is 19.1 Å². The molecule has 2 rings (SSSR count). The number of fused-ring (bicyclic) bond motifs is 1. The minimum atomic E-state index is -1.04. The van der Waals surface area contributed by atoms with Crippen molar-refractivity contribution >= 4 is 11.9 Å². The molecule has 0 radical (unpaired) electrons. The quantitative estimate of drug-likeness (QED) is 0.453. The van der Waals surface area contributed by atoms with Crippen LogP contribution in [0.1, 0.15) is 33.6 Å². The second kappa shape index (κ2) is 8.01. The molecule has 142 valence electrons. The predicted octanol–water partition coefficient (Wildman–Crippen LogP) is 1.98. The van der Waals surface area contributed by atoms with Crippen LogP contribution in [0.4, 0.5) is 0 Å². The van der Waals surface area contributed by atoms with Gasteiger partial charge in [0.25, 0.3) is 0 Å². The zero-order valence-electron chi connectivity index (χ0n) is 15.4. The van der Waals surface area contributed by atoms with Gasteiger partial charge >= 0.3 is 11.9 Å². The first-order chi connectivity index (χ1) is 12.1. The van der Waals surface area contributed by atoms with E-state index in [4.69, 9.17) is 9.47 Å². The normalized spacial score (nSPS) is 32.5. The van der Waals surface area contributed by atoms with E-state index in [0.717, 1.165) is 11.1 Å². The standard InChI is InChI=1S/C20H26O6/c1-10-6-15(22)7-11(2)9-17-18(13(4)20(24)26-17)16(8-10)25-19(23)12(3)14(5)21/h6,9,14-18,21-22H,3-4,7-8H2,1-2,5H3/b10-6?,11-9+/t14-,15-,16-,17-,18?/m1/s1. The van der Waals surface area contributed by atoms with Crippen LogP contribution in [0.25, 0.3) is 0 Å². The second-order valence-corrected chi connectivity index (χ2v) is 7.07. The van der Waals surface area contributed by atoms with E-state index in [1.807, 2.05) is 13.8 Å². The predicted molar refractivity (Wildman–Crippen MR) is 96.0 cm³/mol. The average Bonchev–Trinajstić information content (AvgIpc) is 2.78.